The third-order valence-electron chi connectivity index (χ3n) is 7.68. The van der Waals surface area contributed by atoms with E-state index in [2.05, 4.69) is 70.5 Å². The Kier molecular flexibility index (Phi) is 7.77. The van der Waals surface area contributed by atoms with Crippen LogP contribution in [0.5, 0.6) is 23.0 Å². The Morgan fingerprint density at radius 2 is 1.90 bits per heavy atom. The van der Waals surface area contributed by atoms with E-state index >= 15 is 0 Å². The molecule has 7 nitrogen and oxygen atoms in total. The van der Waals surface area contributed by atoms with Crippen LogP contribution in [0, 0.1) is 6.92 Å². The van der Waals surface area contributed by atoms with Gasteiger partial charge in [0, 0.05) is 19.0 Å². The van der Waals surface area contributed by atoms with Gasteiger partial charge >= 0.3 is 0 Å². The van der Waals surface area contributed by atoms with Gasteiger partial charge in [0.1, 0.15) is 0 Å². The molecule has 0 unspecified atom stereocenters. The van der Waals surface area contributed by atoms with Gasteiger partial charge in [-0.25, -0.2) is 4.98 Å². The SMILES string of the molecule is COc1ccc2cc3[n+](cc2c1OCCCCCNc1nc2ccc(C)cc2s1)CCc1cc2c(cc1-3)OCO2.[Cl-]. The molecule has 0 spiro atoms. The number of pyridine rings is 1. The third kappa shape index (κ3) is 5.34. The molecule has 0 aliphatic carbocycles. The molecule has 0 saturated carbocycles. The number of rotatable bonds is 9. The average Bonchev–Trinajstić information content (AvgIpc) is 3.60. The minimum atomic E-state index is 0. The van der Waals surface area contributed by atoms with Crippen molar-refractivity contribution >= 4 is 37.5 Å². The van der Waals surface area contributed by atoms with Gasteiger partial charge in [0.05, 0.1) is 34.9 Å². The number of hydrogen-bond donors (Lipinski definition) is 1. The van der Waals surface area contributed by atoms with Crippen LogP contribution in [0.1, 0.15) is 30.4 Å². The first-order valence-corrected chi connectivity index (χ1v) is 14.7. The number of hydrogen-bond acceptors (Lipinski definition) is 7. The number of anilines is 1. The predicted octanol–water partition coefficient (Wildman–Crippen LogP) is 3.67. The summed E-state index contributed by atoms with van der Waals surface area (Å²) in [5, 5.41) is 6.67. The van der Waals surface area contributed by atoms with Crippen molar-refractivity contribution in [2.24, 2.45) is 0 Å². The molecule has 1 N–H and O–H groups in total. The number of unbranched alkanes of at least 4 members (excludes halogenated alkanes) is 2. The van der Waals surface area contributed by atoms with Crippen molar-refractivity contribution in [1.29, 1.82) is 0 Å². The highest BCUT2D eigenvalue weighted by Crippen LogP contribution is 2.41. The first-order chi connectivity index (χ1) is 19.7. The standard InChI is InChI=1S/C32H32N3O4S.ClH/c1-20-6-8-25-30(14-20)40-32(34-25)33-11-4-3-5-13-37-31-24-18-35-12-10-22-16-28-29(39-19-38-28)17-23(22)26(35)15-21(24)7-9-27(31)36-2;/h6-9,14-18H,3-5,10-13,19H2,1-2H3,(H,33,34);1H/q+1;/p-1. The van der Waals surface area contributed by atoms with Crippen molar-refractivity contribution in [3.8, 4) is 34.3 Å². The molecule has 2 aliphatic heterocycles. The molecule has 7 rings (SSSR count). The van der Waals surface area contributed by atoms with Crippen molar-refractivity contribution in [2.75, 3.05) is 32.4 Å². The molecule has 41 heavy (non-hydrogen) atoms. The van der Waals surface area contributed by atoms with Crippen molar-refractivity contribution in [1.82, 2.24) is 4.98 Å². The van der Waals surface area contributed by atoms with E-state index in [1.165, 1.54) is 27.1 Å². The second-order valence-corrected chi connectivity index (χ2v) is 11.4. The molecule has 2 aromatic heterocycles. The van der Waals surface area contributed by atoms with Gasteiger partial charge in [-0.2, -0.15) is 4.57 Å². The molecule has 4 heterocycles. The molecule has 2 aliphatic rings. The molecule has 212 valence electrons. The van der Waals surface area contributed by atoms with Crippen LogP contribution in [0.25, 0.3) is 32.2 Å². The summed E-state index contributed by atoms with van der Waals surface area (Å²) in [7, 11) is 1.70. The number of aromatic nitrogens is 2. The normalized spacial score (nSPS) is 13.0. The third-order valence-corrected chi connectivity index (χ3v) is 8.66. The number of aryl methyl sites for hydroxylation is 3. The van der Waals surface area contributed by atoms with Crippen LogP contribution in [-0.2, 0) is 13.0 Å². The number of benzene rings is 3. The second-order valence-electron chi connectivity index (χ2n) is 10.4. The van der Waals surface area contributed by atoms with Crippen LogP contribution in [-0.4, -0.2) is 32.0 Å². The van der Waals surface area contributed by atoms with E-state index in [1.807, 2.05) is 6.07 Å². The van der Waals surface area contributed by atoms with E-state index in [9.17, 15) is 0 Å². The fraction of sp³-hybridized carbons (Fsp3) is 0.312. The number of halogens is 1. The summed E-state index contributed by atoms with van der Waals surface area (Å²) >= 11 is 1.72. The first kappa shape index (κ1) is 27.4. The summed E-state index contributed by atoms with van der Waals surface area (Å²) in [5.74, 6) is 3.24. The summed E-state index contributed by atoms with van der Waals surface area (Å²) in [6.45, 7) is 4.85. The van der Waals surface area contributed by atoms with Crippen LogP contribution < -0.4 is 41.2 Å². The Labute approximate surface area is 249 Å². The van der Waals surface area contributed by atoms with Crippen LogP contribution in [0.15, 0.2) is 54.7 Å². The summed E-state index contributed by atoms with van der Waals surface area (Å²) in [4.78, 5) is 4.69. The maximum Gasteiger partial charge on any atom is 0.231 e. The molecule has 5 aromatic rings. The number of ether oxygens (including phenoxy) is 4. The Hall–Kier alpha value is -3.75. The smallest absolute Gasteiger partial charge is 0.231 e. The molecule has 0 saturated heterocycles. The topological polar surface area (TPSA) is 65.7 Å². The van der Waals surface area contributed by atoms with Crippen molar-refractivity contribution < 1.29 is 35.9 Å². The fourth-order valence-electron chi connectivity index (χ4n) is 5.59. The molecule has 0 amide bonds. The van der Waals surface area contributed by atoms with Crippen LogP contribution in [0.2, 0.25) is 0 Å². The zero-order valence-corrected chi connectivity index (χ0v) is 24.7. The highest BCUT2D eigenvalue weighted by molar-refractivity contribution is 7.22. The maximum atomic E-state index is 6.37. The molecule has 9 heteroatoms. The maximum absolute atomic E-state index is 6.37. The largest absolute Gasteiger partial charge is 1.00 e. The van der Waals surface area contributed by atoms with E-state index in [-0.39, 0.29) is 19.2 Å². The number of thiazole rings is 1. The lowest BCUT2D eigenvalue weighted by molar-refractivity contribution is -0.686. The van der Waals surface area contributed by atoms with Crippen LogP contribution in [0.3, 0.4) is 0 Å². The monoisotopic (exact) mass is 589 g/mol. The Morgan fingerprint density at radius 1 is 1.02 bits per heavy atom. The van der Waals surface area contributed by atoms with Gasteiger partial charge in [-0.3, -0.25) is 0 Å². The fourth-order valence-corrected chi connectivity index (χ4v) is 6.58. The number of fused-ring (bicyclic) bond motifs is 6. The van der Waals surface area contributed by atoms with Crippen molar-refractivity contribution in [3.05, 3.63) is 65.9 Å². The number of methoxy groups -OCH3 is 1. The van der Waals surface area contributed by atoms with Gasteiger partial charge in [-0.05, 0) is 79.1 Å². The molecule has 0 atom stereocenters. The minimum absolute atomic E-state index is 0. The molecule has 0 radical (unpaired) electrons. The highest BCUT2D eigenvalue weighted by Gasteiger charge is 2.28. The zero-order chi connectivity index (χ0) is 27.1. The van der Waals surface area contributed by atoms with E-state index in [1.54, 1.807) is 18.4 Å². The lowest BCUT2D eigenvalue weighted by atomic mass is 9.95. The van der Waals surface area contributed by atoms with E-state index in [0.717, 1.165) is 83.2 Å². The van der Waals surface area contributed by atoms with Crippen molar-refractivity contribution in [2.45, 2.75) is 39.2 Å². The number of nitrogens with one attached hydrogen (secondary N) is 1. The summed E-state index contributed by atoms with van der Waals surface area (Å²) in [6.07, 6.45) is 6.26. The van der Waals surface area contributed by atoms with E-state index in [0.29, 0.717) is 6.61 Å². The predicted molar refractivity (Wildman–Crippen MR) is 158 cm³/mol. The molecule has 3 aromatic carbocycles. The van der Waals surface area contributed by atoms with Gasteiger partial charge in [0.2, 0.25) is 12.5 Å². The van der Waals surface area contributed by atoms with Crippen LogP contribution >= 0.6 is 11.3 Å². The van der Waals surface area contributed by atoms with Crippen LogP contribution in [0.4, 0.5) is 5.13 Å². The Morgan fingerprint density at radius 3 is 2.78 bits per heavy atom. The second kappa shape index (κ2) is 11.6. The summed E-state index contributed by atoms with van der Waals surface area (Å²) < 4.78 is 26.9. The Balaban J connectivity index is 0.00000302. The molecule has 0 bridgehead atoms. The zero-order valence-electron chi connectivity index (χ0n) is 23.2. The lowest BCUT2D eigenvalue weighted by Crippen LogP contribution is -3.00. The first-order valence-electron chi connectivity index (χ1n) is 13.9. The van der Waals surface area contributed by atoms with Gasteiger partial charge in [0.25, 0.3) is 0 Å². The quantitative estimate of drug-likeness (QED) is 0.209. The lowest BCUT2D eigenvalue weighted by Gasteiger charge is -2.18. The minimum Gasteiger partial charge on any atom is -1.00 e. The van der Waals surface area contributed by atoms with Gasteiger partial charge in [-0.15, -0.1) is 0 Å². The molecular formula is C32H32ClN3O4S. The Bertz CT molecular complexity index is 1740. The number of nitrogens with zero attached hydrogens (tertiary/aromatic N) is 2. The van der Waals surface area contributed by atoms with Gasteiger partial charge in [-0.1, -0.05) is 17.4 Å². The van der Waals surface area contributed by atoms with Gasteiger partial charge < -0.3 is 36.7 Å². The molecule has 0 fully saturated rings. The van der Waals surface area contributed by atoms with Crippen molar-refractivity contribution in [3.63, 3.8) is 0 Å². The van der Waals surface area contributed by atoms with E-state index in [4.69, 9.17) is 18.9 Å². The van der Waals surface area contributed by atoms with E-state index < -0.39 is 0 Å². The molecular weight excluding hydrogens is 558 g/mol. The van der Waals surface area contributed by atoms with Gasteiger partial charge in [0.15, 0.2) is 40.9 Å². The highest BCUT2D eigenvalue weighted by atomic mass is 35.5. The summed E-state index contributed by atoms with van der Waals surface area (Å²) in [5.41, 5.74) is 6.00. The summed E-state index contributed by atoms with van der Waals surface area (Å²) in [6, 6.07) is 17.0. The average molecular weight is 590 g/mol.